The van der Waals surface area contributed by atoms with E-state index in [2.05, 4.69) is 4.72 Å². The molecular formula is C12H17ClFN3O3S. The molecule has 1 atom stereocenters. The van der Waals surface area contributed by atoms with E-state index >= 15 is 0 Å². The third kappa shape index (κ3) is 4.04. The van der Waals surface area contributed by atoms with E-state index in [1.807, 2.05) is 11.9 Å². The zero-order valence-electron chi connectivity index (χ0n) is 11.5. The van der Waals surface area contributed by atoms with Crippen molar-refractivity contribution in [3.8, 4) is 0 Å². The molecule has 0 saturated carbocycles. The first kappa shape index (κ1) is 16.4. The molecule has 0 aliphatic carbocycles. The fraction of sp³-hybridized carbons (Fsp3) is 0.500. The highest BCUT2D eigenvalue weighted by atomic mass is 35.5. The van der Waals surface area contributed by atoms with Crippen molar-refractivity contribution in [1.29, 1.82) is 0 Å². The van der Waals surface area contributed by atoms with E-state index in [9.17, 15) is 12.8 Å². The first-order valence-electron chi connectivity index (χ1n) is 6.34. The quantitative estimate of drug-likeness (QED) is 0.789. The van der Waals surface area contributed by atoms with E-state index in [-0.39, 0.29) is 23.4 Å². The Balaban J connectivity index is 2.12. The molecule has 0 amide bonds. The van der Waals surface area contributed by atoms with Crippen LogP contribution in [-0.2, 0) is 14.8 Å². The Morgan fingerprint density at radius 1 is 1.57 bits per heavy atom. The molecule has 1 heterocycles. The molecule has 2 rings (SSSR count). The molecule has 0 bridgehead atoms. The van der Waals surface area contributed by atoms with Crippen LogP contribution >= 0.6 is 11.6 Å². The summed E-state index contributed by atoms with van der Waals surface area (Å²) in [7, 11) is -2.12. The van der Waals surface area contributed by atoms with E-state index in [0.29, 0.717) is 13.2 Å². The molecule has 0 spiro atoms. The van der Waals surface area contributed by atoms with Gasteiger partial charge in [0.25, 0.3) is 0 Å². The Labute approximate surface area is 128 Å². The van der Waals surface area contributed by atoms with E-state index in [0.717, 1.165) is 18.7 Å². The van der Waals surface area contributed by atoms with Crippen molar-refractivity contribution in [2.24, 2.45) is 0 Å². The molecule has 118 valence electrons. The maximum Gasteiger partial charge on any atom is 0.243 e. The molecule has 1 fully saturated rings. The number of benzene rings is 1. The smallest absolute Gasteiger partial charge is 0.243 e. The molecule has 9 heteroatoms. The number of ether oxygens (including phenoxy) is 1. The fourth-order valence-corrected chi connectivity index (χ4v) is 3.54. The number of nitrogens with two attached hydrogens (primary N) is 1. The summed E-state index contributed by atoms with van der Waals surface area (Å²) >= 11 is 5.73. The lowest BCUT2D eigenvalue weighted by Gasteiger charge is -2.30. The topological polar surface area (TPSA) is 84.7 Å². The van der Waals surface area contributed by atoms with Gasteiger partial charge in [0.2, 0.25) is 10.0 Å². The van der Waals surface area contributed by atoms with Crippen LogP contribution < -0.4 is 10.5 Å². The van der Waals surface area contributed by atoms with Gasteiger partial charge in [-0.3, -0.25) is 0 Å². The second kappa shape index (κ2) is 6.45. The second-order valence-electron chi connectivity index (χ2n) is 4.91. The summed E-state index contributed by atoms with van der Waals surface area (Å²) in [6, 6.07) is 2.19. The van der Waals surface area contributed by atoms with Crippen LogP contribution in [0.1, 0.15) is 0 Å². The second-order valence-corrected chi connectivity index (χ2v) is 7.09. The minimum Gasteiger partial charge on any atom is -0.396 e. The highest BCUT2D eigenvalue weighted by Crippen LogP contribution is 2.25. The number of nitrogen functional groups attached to an aromatic ring is 1. The molecule has 6 nitrogen and oxygen atoms in total. The molecule has 1 aliphatic rings. The third-order valence-electron chi connectivity index (χ3n) is 3.16. The maximum absolute atomic E-state index is 13.9. The van der Waals surface area contributed by atoms with Crippen molar-refractivity contribution >= 4 is 27.3 Å². The molecule has 1 saturated heterocycles. The Hall–Kier alpha value is -0.930. The number of nitrogens with one attached hydrogen (secondary N) is 1. The number of sulfonamides is 1. The zero-order chi connectivity index (χ0) is 15.6. The van der Waals surface area contributed by atoms with Crippen LogP contribution in [0.3, 0.4) is 0 Å². The van der Waals surface area contributed by atoms with Crippen LogP contribution in [0, 0.1) is 5.82 Å². The summed E-state index contributed by atoms with van der Waals surface area (Å²) in [5.74, 6) is -1.01. The predicted molar refractivity (Wildman–Crippen MR) is 78.2 cm³/mol. The molecular weight excluding hydrogens is 321 g/mol. The molecule has 0 aromatic heterocycles. The van der Waals surface area contributed by atoms with Crippen molar-refractivity contribution < 1.29 is 17.5 Å². The SMILES string of the molecule is CN1CCOC(CNS(=O)(=O)c2cc(Cl)cc(N)c2F)C1. The number of halogens is 2. The monoisotopic (exact) mass is 337 g/mol. The summed E-state index contributed by atoms with van der Waals surface area (Å²) in [6.45, 7) is 1.98. The van der Waals surface area contributed by atoms with Gasteiger partial charge in [0.15, 0.2) is 5.82 Å². The number of anilines is 1. The highest BCUT2D eigenvalue weighted by Gasteiger charge is 2.24. The van der Waals surface area contributed by atoms with Crippen molar-refractivity contribution in [3.63, 3.8) is 0 Å². The van der Waals surface area contributed by atoms with Crippen molar-refractivity contribution in [2.75, 3.05) is 39.0 Å². The van der Waals surface area contributed by atoms with Gasteiger partial charge in [0, 0.05) is 24.7 Å². The predicted octanol–water partition coefficient (Wildman–Crippen LogP) is 0.670. The lowest BCUT2D eigenvalue weighted by atomic mass is 10.3. The summed E-state index contributed by atoms with van der Waals surface area (Å²) in [5.41, 5.74) is 5.08. The Morgan fingerprint density at radius 2 is 2.29 bits per heavy atom. The van der Waals surface area contributed by atoms with E-state index in [4.69, 9.17) is 22.1 Å². The minimum atomic E-state index is -4.04. The van der Waals surface area contributed by atoms with Gasteiger partial charge in [-0.15, -0.1) is 0 Å². The van der Waals surface area contributed by atoms with E-state index < -0.39 is 20.7 Å². The molecule has 0 radical (unpaired) electrons. The normalized spacial score (nSPS) is 20.6. The third-order valence-corrected chi connectivity index (χ3v) is 4.81. The highest BCUT2D eigenvalue weighted by molar-refractivity contribution is 7.89. The minimum absolute atomic E-state index is 0.0541. The average Bonchev–Trinajstić information content (AvgIpc) is 2.41. The fourth-order valence-electron chi connectivity index (χ4n) is 2.05. The van der Waals surface area contributed by atoms with E-state index in [1.165, 1.54) is 0 Å². The van der Waals surface area contributed by atoms with Crippen molar-refractivity contribution in [1.82, 2.24) is 9.62 Å². The molecule has 1 aromatic rings. The summed E-state index contributed by atoms with van der Waals surface area (Å²) in [6.07, 6.45) is -0.280. The summed E-state index contributed by atoms with van der Waals surface area (Å²) in [4.78, 5) is 1.47. The number of hydrogen-bond acceptors (Lipinski definition) is 5. The molecule has 21 heavy (non-hydrogen) atoms. The first-order chi connectivity index (χ1) is 9.79. The molecule has 1 aromatic carbocycles. The van der Waals surface area contributed by atoms with Crippen LogP contribution in [0.4, 0.5) is 10.1 Å². The lowest BCUT2D eigenvalue weighted by Crippen LogP contribution is -2.45. The van der Waals surface area contributed by atoms with Crippen LogP contribution in [0.2, 0.25) is 5.02 Å². The van der Waals surface area contributed by atoms with Gasteiger partial charge >= 0.3 is 0 Å². The Morgan fingerprint density at radius 3 is 2.95 bits per heavy atom. The summed E-state index contributed by atoms with van der Waals surface area (Å²) in [5, 5.41) is 0.0583. The van der Waals surface area contributed by atoms with Crippen LogP contribution in [0.25, 0.3) is 0 Å². The first-order valence-corrected chi connectivity index (χ1v) is 8.20. The molecule has 3 N–H and O–H groups in total. The van der Waals surface area contributed by atoms with E-state index in [1.54, 1.807) is 0 Å². The molecule has 1 aliphatic heterocycles. The van der Waals surface area contributed by atoms with Crippen LogP contribution in [-0.4, -0.2) is 52.7 Å². The number of likely N-dealkylation sites (N-methyl/N-ethyl adjacent to an activating group) is 1. The number of nitrogens with zero attached hydrogens (tertiary/aromatic N) is 1. The lowest BCUT2D eigenvalue weighted by molar-refractivity contribution is -0.0156. The Kier molecular flexibility index (Phi) is 5.05. The van der Waals surface area contributed by atoms with Crippen LogP contribution in [0.15, 0.2) is 17.0 Å². The number of rotatable bonds is 4. The van der Waals surface area contributed by atoms with Crippen molar-refractivity contribution in [2.45, 2.75) is 11.0 Å². The van der Waals surface area contributed by atoms with Gasteiger partial charge in [-0.1, -0.05) is 11.6 Å². The van der Waals surface area contributed by atoms with Gasteiger partial charge in [-0.05, 0) is 19.2 Å². The summed E-state index contributed by atoms with van der Waals surface area (Å²) < 4.78 is 45.9. The zero-order valence-corrected chi connectivity index (χ0v) is 13.0. The average molecular weight is 338 g/mol. The van der Waals surface area contributed by atoms with Gasteiger partial charge in [0.05, 0.1) is 18.4 Å². The van der Waals surface area contributed by atoms with Gasteiger partial charge in [-0.2, -0.15) is 0 Å². The van der Waals surface area contributed by atoms with Gasteiger partial charge in [0.1, 0.15) is 4.90 Å². The largest absolute Gasteiger partial charge is 0.396 e. The van der Waals surface area contributed by atoms with Gasteiger partial charge < -0.3 is 15.4 Å². The Bertz CT molecular complexity index is 626. The van der Waals surface area contributed by atoms with Crippen molar-refractivity contribution in [3.05, 3.63) is 23.0 Å². The van der Waals surface area contributed by atoms with Gasteiger partial charge in [-0.25, -0.2) is 17.5 Å². The number of hydrogen-bond donors (Lipinski definition) is 2. The standard InChI is InChI=1S/C12H17ClFN3O3S/c1-17-2-3-20-9(7-17)6-16-21(18,19)11-5-8(13)4-10(15)12(11)14/h4-5,9,16H,2-3,6-7,15H2,1H3. The molecule has 1 unspecified atom stereocenters. The number of morpholine rings is 1. The maximum atomic E-state index is 13.9. The van der Waals surface area contributed by atoms with Crippen LogP contribution in [0.5, 0.6) is 0 Å².